The molecule has 1 N–H and O–H groups in total. The molecule has 1 aliphatic rings. The van der Waals surface area contributed by atoms with Gasteiger partial charge in [0, 0.05) is 40.5 Å². The fourth-order valence-electron chi connectivity index (χ4n) is 2.06. The first-order valence-electron chi connectivity index (χ1n) is 5.74. The van der Waals surface area contributed by atoms with E-state index in [1.807, 2.05) is 4.90 Å². The van der Waals surface area contributed by atoms with Gasteiger partial charge in [0.15, 0.2) is 6.10 Å². The normalized spacial score (nSPS) is 27.2. The summed E-state index contributed by atoms with van der Waals surface area (Å²) in [5.74, 6) is -0.929. The highest BCUT2D eigenvalue weighted by Crippen LogP contribution is 2.16. The number of hydrogen-bond donors (Lipinski definition) is 1. The number of nitrogens with zero attached hydrogens (tertiary/aromatic N) is 1. The van der Waals surface area contributed by atoms with E-state index in [9.17, 15) is 4.79 Å². The molecule has 0 aromatic heterocycles. The first-order valence-corrected chi connectivity index (χ1v) is 5.74. The Labute approximate surface area is 101 Å². The van der Waals surface area contributed by atoms with Gasteiger partial charge >= 0.3 is 5.97 Å². The van der Waals surface area contributed by atoms with E-state index < -0.39 is 12.1 Å². The minimum Gasteiger partial charge on any atom is -0.479 e. The highest BCUT2D eigenvalue weighted by atomic mass is 16.5. The third-order valence-corrected chi connectivity index (χ3v) is 2.96. The van der Waals surface area contributed by atoms with Crippen LogP contribution in [0.3, 0.4) is 0 Å². The number of methoxy groups -OCH3 is 2. The van der Waals surface area contributed by atoms with E-state index in [4.69, 9.17) is 19.3 Å². The number of aliphatic carboxylic acids is 1. The molecule has 0 radical (unpaired) electrons. The van der Waals surface area contributed by atoms with Crippen LogP contribution < -0.4 is 0 Å². The molecule has 3 atom stereocenters. The summed E-state index contributed by atoms with van der Waals surface area (Å²) < 4.78 is 15.8. The predicted octanol–water partition coefficient (Wildman–Crippen LogP) is -0.178. The van der Waals surface area contributed by atoms with Gasteiger partial charge in [-0.2, -0.15) is 0 Å². The van der Waals surface area contributed by atoms with Crippen LogP contribution in [0.15, 0.2) is 0 Å². The Morgan fingerprint density at radius 2 is 1.88 bits per heavy atom. The number of carbonyl (C=O) groups is 1. The van der Waals surface area contributed by atoms with Gasteiger partial charge < -0.3 is 19.3 Å². The second kappa shape index (κ2) is 6.90. The summed E-state index contributed by atoms with van der Waals surface area (Å²) in [6, 6.07) is 0. The second-order valence-electron chi connectivity index (χ2n) is 4.05. The first kappa shape index (κ1) is 14.4. The molecule has 17 heavy (non-hydrogen) atoms. The van der Waals surface area contributed by atoms with Gasteiger partial charge in [0.05, 0.1) is 12.2 Å². The van der Waals surface area contributed by atoms with Crippen molar-refractivity contribution in [3.05, 3.63) is 0 Å². The lowest BCUT2D eigenvalue weighted by atomic mass is 10.3. The molecule has 0 bridgehead atoms. The van der Waals surface area contributed by atoms with E-state index in [1.165, 1.54) is 0 Å². The molecule has 1 aliphatic heterocycles. The molecule has 100 valence electrons. The zero-order valence-corrected chi connectivity index (χ0v) is 10.6. The fraction of sp³-hybridized carbons (Fsp3) is 0.909. The van der Waals surface area contributed by atoms with Crippen LogP contribution in [-0.2, 0) is 19.0 Å². The van der Waals surface area contributed by atoms with Crippen molar-refractivity contribution in [1.82, 2.24) is 4.90 Å². The van der Waals surface area contributed by atoms with Crippen molar-refractivity contribution in [2.75, 3.05) is 40.5 Å². The van der Waals surface area contributed by atoms with Crippen LogP contribution in [-0.4, -0.2) is 74.7 Å². The molecule has 0 saturated carbocycles. The van der Waals surface area contributed by atoms with Crippen molar-refractivity contribution in [1.29, 1.82) is 0 Å². The van der Waals surface area contributed by atoms with Crippen molar-refractivity contribution in [2.45, 2.75) is 25.2 Å². The Balaban J connectivity index is 2.49. The van der Waals surface area contributed by atoms with Crippen molar-refractivity contribution in [2.24, 2.45) is 0 Å². The van der Waals surface area contributed by atoms with Crippen LogP contribution in [0, 0.1) is 0 Å². The van der Waals surface area contributed by atoms with Gasteiger partial charge in [-0.15, -0.1) is 0 Å². The van der Waals surface area contributed by atoms with Crippen LogP contribution in [0.2, 0.25) is 0 Å². The van der Waals surface area contributed by atoms with Crippen molar-refractivity contribution >= 4 is 5.97 Å². The summed E-state index contributed by atoms with van der Waals surface area (Å²) >= 11 is 0. The van der Waals surface area contributed by atoms with Gasteiger partial charge in [-0.3, -0.25) is 4.90 Å². The van der Waals surface area contributed by atoms with Crippen LogP contribution >= 0.6 is 0 Å². The Morgan fingerprint density at radius 3 is 2.24 bits per heavy atom. The summed E-state index contributed by atoms with van der Waals surface area (Å²) in [5, 5.41) is 9.00. The number of rotatable bonds is 7. The Hall–Kier alpha value is -0.690. The van der Waals surface area contributed by atoms with E-state index in [1.54, 1.807) is 21.1 Å². The zero-order chi connectivity index (χ0) is 12.8. The van der Waals surface area contributed by atoms with Crippen LogP contribution in [0.1, 0.15) is 6.92 Å². The van der Waals surface area contributed by atoms with Crippen LogP contribution in [0.5, 0.6) is 0 Å². The minimum absolute atomic E-state index is 0.00364. The van der Waals surface area contributed by atoms with Crippen LogP contribution in [0.25, 0.3) is 0 Å². The van der Waals surface area contributed by atoms with Gasteiger partial charge in [-0.25, -0.2) is 4.79 Å². The standard InChI is InChI=1S/C11H21NO5/c1-4-17-10(11(13)14)7-12-5-8(15-2)9(6-12)16-3/h8-10H,4-7H2,1-3H3,(H,13,14). The topological polar surface area (TPSA) is 68.2 Å². The maximum absolute atomic E-state index is 11.0. The molecule has 0 aromatic carbocycles. The lowest BCUT2D eigenvalue weighted by molar-refractivity contribution is -0.151. The summed E-state index contributed by atoms with van der Waals surface area (Å²) in [5.41, 5.74) is 0. The highest BCUT2D eigenvalue weighted by Gasteiger charge is 2.35. The Bertz CT molecular complexity index is 236. The van der Waals surface area contributed by atoms with Gasteiger partial charge in [-0.05, 0) is 6.92 Å². The summed E-state index contributed by atoms with van der Waals surface area (Å²) in [6.07, 6.45) is -0.791. The lowest BCUT2D eigenvalue weighted by Gasteiger charge is -2.20. The molecule has 0 spiro atoms. The van der Waals surface area contributed by atoms with Gasteiger partial charge in [0.25, 0.3) is 0 Å². The number of hydrogen-bond acceptors (Lipinski definition) is 5. The average molecular weight is 247 g/mol. The maximum atomic E-state index is 11.0. The number of ether oxygens (including phenoxy) is 3. The fourth-order valence-corrected chi connectivity index (χ4v) is 2.06. The van der Waals surface area contributed by atoms with Gasteiger partial charge in [-0.1, -0.05) is 0 Å². The maximum Gasteiger partial charge on any atom is 0.334 e. The smallest absolute Gasteiger partial charge is 0.334 e. The molecular weight excluding hydrogens is 226 g/mol. The Kier molecular flexibility index (Phi) is 5.84. The SMILES string of the molecule is CCOC(CN1CC(OC)C(OC)C1)C(=O)O. The van der Waals surface area contributed by atoms with E-state index in [0.717, 1.165) is 0 Å². The third-order valence-electron chi connectivity index (χ3n) is 2.96. The molecule has 0 aliphatic carbocycles. The molecule has 6 nitrogen and oxygen atoms in total. The number of carboxylic acid groups (broad SMARTS) is 1. The quantitative estimate of drug-likeness (QED) is 0.673. The lowest BCUT2D eigenvalue weighted by Crippen LogP contribution is -2.38. The third kappa shape index (κ3) is 3.92. The van der Waals surface area contributed by atoms with E-state index >= 15 is 0 Å². The van der Waals surface area contributed by atoms with Crippen LogP contribution in [0.4, 0.5) is 0 Å². The predicted molar refractivity (Wildman–Crippen MR) is 61.1 cm³/mol. The van der Waals surface area contributed by atoms with E-state index in [-0.39, 0.29) is 12.2 Å². The Morgan fingerprint density at radius 1 is 1.35 bits per heavy atom. The molecule has 6 heteroatoms. The number of carboxylic acids is 1. The molecule has 0 amide bonds. The largest absolute Gasteiger partial charge is 0.479 e. The number of likely N-dealkylation sites (tertiary alicyclic amines) is 1. The van der Waals surface area contributed by atoms with Crippen molar-refractivity contribution in [3.63, 3.8) is 0 Å². The van der Waals surface area contributed by atoms with E-state index in [0.29, 0.717) is 26.2 Å². The van der Waals surface area contributed by atoms with Gasteiger partial charge in [0.2, 0.25) is 0 Å². The summed E-state index contributed by atoms with van der Waals surface area (Å²) in [4.78, 5) is 13.0. The molecule has 1 fully saturated rings. The summed E-state index contributed by atoms with van der Waals surface area (Å²) in [7, 11) is 3.27. The summed E-state index contributed by atoms with van der Waals surface area (Å²) in [6.45, 7) is 3.89. The van der Waals surface area contributed by atoms with Gasteiger partial charge in [0.1, 0.15) is 0 Å². The highest BCUT2D eigenvalue weighted by molar-refractivity contribution is 5.72. The molecule has 1 rings (SSSR count). The molecule has 1 heterocycles. The van der Waals surface area contributed by atoms with E-state index in [2.05, 4.69) is 0 Å². The van der Waals surface area contributed by atoms with Crippen molar-refractivity contribution in [3.8, 4) is 0 Å². The van der Waals surface area contributed by atoms with Crippen molar-refractivity contribution < 1.29 is 24.1 Å². The molecule has 0 aromatic rings. The molecule has 1 saturated heterocycles. The molecule has 3 unspecified atom stereocenters. The molecular formula is C11H21NO5. The first-order chi connectivity index (χ1) is 8.12. The zero-order valence-electron chi connectivity index (χ0n) is 10.6. The average Bonchev–Trinajstić information content (AvgIpc) is 2.70. The minimum atomic E-state index is -0.929. The monoisotopic (exact) mass is 247 g/mol. The second-order valence-corrected chi connectivity index (χ2v) is 4.05.